The summed E-state index contributed by atoms with van der Waals surface area (Å²) in [6, 6.07) is 13.7. The number of esters is 1. The van der Waals surface area contributed by atoms with E-state index in [1.807, 2.05) is 13.0 Å². The van der Waals surface area contributed by atoms with Crippen molar-refractivity contribution in [2.24, 2.45) is 0 Å². The van der Waals surface area contributed by atoms with Crippen LogP contribution < -0.4 is 10.2 Å². The molecule has 6 nitrogen and oxygen atoms in total. The highest BCUT2D eigenvalue weighted by molar-refractivity contribution is 6.05. The van der Waals surface area contributed by atoms with E-state index in [0.717, 1.165) is 5.56 Å². The van der Waals surface area contributed by atoms with Crippen LogP contribution in [0.25, 0.3) is 0 Å². The molecule has 1 aliphatic rings. The van der Waals surface area contributed by atoms with Gasteiger partial charge in [0.15, 0.2) is 6.61 Å². The number of rotatable bonds is 3. The second kappa shape index (κ2) is 7.39. The molecule has 2 aromatic carbocycles. The van der Waals surface area contributed by atoms with Crippen LogP contribution >= 0.6 is 0 Å². The molecule has 26 heavy (non-hydrogen) atoms. The summed E-state index contributed by atoms with van der Waals surface area (Å²) in [5, 5.41) is 2.79. The fourth-order valence-electron chi connectivity index (χ4n) is 3.02. The van der Waals surface area contributed by atoms with E-state index in [1.54, 1.807) is 49.4 Å². The molecule has 1 heterocycles. The highest BCUT2D eigenvalue weighted by Crippen LogP contribution is 2.31. The number of anilines is 2. The lowest BCUT2D eigenvalue weighted by atomic mass is 10.1. The quantitative estimate of drug-likeness (QED) is 0.862. The normalized spacial score (nSPS) is 16.3. The smallest absolute Gasteiger partial charge is 0.338 e. The van der Waals surface area contributed by atoms with Crippen molar-refractivity contribution >= 4 is 29.2 Å². The van der Waals surface area contributed by atoms with Crippen molar-refractivity contribution in [3.63, 3.8) is 0 Å². The van der Waals surface area contributed by atoms with Crippen LogP contribution in [0.5, 0.6) is 0 Å². The number of carbonyl (C=O) groups is 3. The molecule has 6 heteroatoms. The van der Waals surface area contributed by atoms with Crippen molar-refractivity contribution in [1.29, 1.82) is 0 Å². The summed E-state index contributed by atoms with van der Waals surface area (Å²) < 4.78 is 5.19. The molecule has 1 N–H and O–H groups in total. The van der Waals surface area contributed by atoms with Crippen LogP contribution in [0.1, 0.15) is 29.3 Å². The van der Waals surface area contributed by atoms with Gasteiger partial charge in [0.25, 0.3) is 5.91 Å². The van der Waals surface area contributed by atoms with E-state index >= 15 is 0 Å². The Kier molecular flexibility index (Phi) is 5.02. The second-order valence-corrected chi connectivity index (χ2v) is 6.33. The number of benzene rings is 2. The van der Waals surface area contributed by atoms with Gasteiger partial charge in [0, 0.05) is 12.5 Å². The van der Waals surface area contributed by atoms with Crippen LogP contribution in [-0.2, 0) is 14.3 Å². The van der Waals surface area contributed by atoms with Crippen molar-refractivity contribution in [3.05, 3.63) is 59.7 Å². The maximum atomic E-state index is 12.7. The average molecular weight is 352 g/mol. The molecule has 134 valence electrons. The van der Waals surface area contributed by atoms with Crippen molar-refractivity contribution in [2.45, 2.75) is 26.3 Å². The molecular formula is C20H20N2O4. The number of para-hydroxylation sites is 2. The van der Waals surface area contributed by atoms with Crippen LogP contribution in [0.2, 0.25) is 0 Å². The molecule has 0 fully saturated rings. The Morgan fingerprint density at radius 3 is 2.73 bits per heavy atom. The largest absolute Gasteiger partial charge is 0.452 e. The molecule has 0 aromatic heterocycles. The molecule has 2 amide bonds. The van der Waals surface area contributed by atoms with Gasteiger partial charge in [0.1, 0.15) is 0 Å². The highest BCUT2D eigenvalue weighted by Gasteiger charge is 2.30. The minimum absolute atomic E-state index is 0.156. The third-order valence-electron chi connectivity index (χ3n) is 4.21. The number of hydrogen-bond donors (Lipinski definition) is 1. The predicted molar refractivity (Wildman–Crippen MR) is 98.1 cm³/mol. The molecule has 1 aliphatic heterocycles. The zero-order chi connectivity index (χ0) is 18.7. The number of amides is 2. The van der Waals surface area contributed by atoms with Gasteiger partial charge in [-0.05, 0) is 38.1 Å². The lowest BCUT2D eigenvalue weighted by molar-refractivity contribution is -0.122. The van der Waals surface area contributed by atoms with Gasteiger partial charge >= 0.3 is 5.97 Å². The predicted octanol–water partition coefficient (Wildman–Crippen LogP) is 2.92. The third-order valence-corrected chi connectivity index (χ3v) is 4.21. The average Bonchev–Trinajstić information content (AvgIpc) is 2.73. The molecule has 0 bridgehead atoms. The van der Waals surface area contributed by atoms with Gasteiger partial charge in [-0.1, -0.05) is 29.8 Å². The highest BCUT2D eigenvalue weighted by atomic mass is 16.5. The minimum Gasteiger partial charge on any atom is -0.452 e. The summed E-state index contributed by atoms with van der Waals surface area (Å²) in [6.07, 6.45) is 0.173. The van der Waals surface area contributed by atoms with E-state index in [2.05, 4.69) is 5.32 Å². The third kappa shape index (κ3) is 3.74. The van der Waals surface area contributed by atoms with Crippen molar-refractivity contribution in [2.75, 3.05) is 16.8 Å². The van der Waals surface area contributed by atoms with Gasteiger partial charge in [-0.25, -0.2) is 4.79 Å². The molecule has 0 spiro atoms. The molecule has 0 unspecified atom stereocenters. The summed E-state index contributed by atoms with van der Waals surface area (Å²) in [4.78, 5) is 38.4. The first-order valence-electron chi connectivity index (χ1n) is 8.40. The molecular weight excluding hydrogens is 332 g/mol. The van der Waals surface area contributed by atoms with Gasteiger partial charge < -0.3 is 15.0 Å². The number of nitrogens with zero attached hydrogens (tertiary/aromatic N) is 1. The van der Waals surface area contributed by atoms with Gasteiger partial charge in [-0.15, -0.1) is 0 Å². The summed E-state index contributed by atoms with van der Waals surface area (Å²) in [7, 11) is 0. The molecule has 2 aromatic rings. The fourth-order valence-corrected chi connectivity index (χ4v) is 3.02. The van der Waals surface area contributed by atoms with Gasteiger partial charge in [-0.3, -0.25) is 9.59 Å². The second-order valence-electron chi connectivity index (χ2n) is 6.33. The SMILES string of the molecule is Cc1cccc(C(=O)OCC(=O)N2c3ccccc3NC(=O)C[C@@H]2C)c1. The topological polar surface area (TPSA) is 75.7 Å². The number of nitrogens with one attached hydrogen (secondary N) is 1. The maximum Gasteiger partial charge on any atom is 0.338 e. The number of aryl methyl sites for hydroxylation is 1. The Balaban J connectivity index is 1.76. The molecule has 0 saturated carbocycles. The van der Waals surface area contributed by atoms with E-state index in [4.69, 9.17) is 4.74 Å². The Hall–Kier alpha value is -3.15. The zero-order valence-corrected chi connectivity index (χ0v) is 14.7. The Labute approximate surface area is 151 Å². The standard InChI is InChI=1S/C20H20N2O4/c1-13-6-5-7-15(10-13)20(25)26-12-19(24)22-14(2)11-18(23)21-16-8-3-4-9-17(16)22/h3-10,14H,11-12H2,1-2H3,(H,21,23)/t14-/m0/s1. The van der Waals surface area contributed by atoms with Crippen molar-refractivity contribution in [3.8, 4) is 0 Å². The molecule has 0 radical (unpaired) electrons. The summed E-state index contributed by atoms with van der Waals surface area (Å²) >= 11 is 0. The van der Waals surface area contributed by atoms with Gasteiger partial charge in [0.05, 0.1) is 16.9 Å². The molecule has 3 rings (SSSR count). The van der Waals surface area contributed by atoms with Crippen LogP contribution in [0.3, 0.4) is 0 Å². The van der Waals surface area contributed by atoms with Crippen LogP contribution in [0.15, 0.2) is 48.5 Å². The molecule has 0 saturated heterocycles. The monoisotopic (exact) mass is 352 g/mol. The maximum absolute atomic E-state index is 12.7. The molecule has 0 aliphatic carbocycles. The van der Waals surface area contributed by atoms with Crippen molar-refractivity contribution < 1.29 is 19.1 Å². The van der Waals surface area contributed by atoms with Gasteiger partial charge in [0.2, 0.25) is 5.91 Å². The Bertz CT molecular complexity index is 862. The first-order valence-corrected chi connectivity index (χ1v) is 8.40. The minimum atomic E-state index is -0.549. The van der Waals surface area contributed by atoms with Crippen molar-refractivity contribution in [1.82, 2.24) is 0 Å². The van der Waals surface area contributed by atoms with E-state index in [9.17, 15) is 14.4 Å². The van der Waals surface area contributed by atoms with E-state index in [-0.39, 0.29) is 30.9 Å². The number of carbonyl (C=O) groups excluding carboxylic acids is 3. The number of ether oxygens (including phenoxy) is 1. The summed E-state index contributed by atoms with van der Waals surface area (Å²) in [5.41, 5.74) is 2.51. The first-order chi connectivity index (χ1) is 12.5. The Morgan fingerprint density at radius 2 is 1.96 bits per heavy atom. The molecule has 1 atom stereocenters. The summed E-state index contributed by atoms with van der Waals surface area (Å²) in [6.45, 7) is 3.28. The van der Waals surface area contributed by atoms with E-state index < -0.39 is 5.97 Å². The van der Waals surface area contributed by atoms with E-state index in [1.165, 1.54) is 4.90 Å². The zero-order valence-electron chi connectivity index (χ0n) is 14.7. The lowest BCUT2D eigenvalue weighted by Gasteiger charge is -2.27. The summed E-state index contributed by atoms with van der Waals surface area (Å²) in [5.74, 6) is -1.08. The first kappa shape index (κ1) is 17.7. The lowest BCUT2D eigenvalue weighted by Crippen LogP contribution is -2.41. The van der Waals surface area contributed by atoms with E-state index in [0.29, 0.717) is 16.9 Å². The van der Waals surface area contributed by atoms with Crippen LogP contribution in [0, 0.1) is 6.92 Å². The fraction of sp³-hybridized carbons (Fsp3) is 0.250. The number of fused-ring (bicyclic) bond motifs is 1. The van der Waals surface area contributed by atoms with Crippen LogP contribution in [0.4, 0.5) is 11.4 Å². The van der Waals surface area contributed by atoms with Gasteiger partial charge in [-0.2, -0.15) is 0 Å². The van der Waals surface area contributed by atoms with Crippen LogP contribution in [-0.4, -0.2) is 30.4 Å². The Morgan fingerprint density at radius 1 is 1.19 bits per heavy atom. The number of hydrogen-bond acceptors (Lipinski definition) is 4.